The SMILES string of the molecule is CCC(O)c1ccc(N2CCCC2C(C)C)cc1. The van der Waals surface area contributed by atoms with Crippen molar-refractivity contribution >= 4 is 5.69 Å². The van der Waals surface area contributed by atoms with Crippen LogP contribution in [0.3, 0.4) is 0 Å². The third-order valence-corrected chi connectivity index (χ3v) is 4.06. The first-order valence-corrected chi connectivity index (χ1v) is 7.18. The van der Waals surface area contributed by atoms with E-state index < -0.39 is 0 Å². The minimum atomic E-state index is -0.321. The normalized spacial score (nSPS) is 21.6. The van der Waals surface area contributed by atoms with Crippen molar-refractivity contribution in [3.8, 4) is 0 Å². The van der Waals surface area contributed by atoms with Crippen molar-refractivity contribution < 1.29 is 5.11 Å². The lowest BCUT2D eigenvalue weighted by Gasteiger charge is -2.30. The summed E-state index contributed by atoms with van der Waals surface area (Å²) in [5.74, 6) is 0.702. The van der Waals surface area contributed by atoms with Gasteiger partial charge in [0.2, 0.25) is 0 Å². The van der Waals surface area contributed by atoms with Gasteiger partial charge in [-0.2, -0.15) is 0 Å². The Labute approximate surface area is 111 Å². The maximum absolute atomic E-state index is 9.81. The highest BCUT2D eigenvalue weighted by Gasteiger charge is 2.27. The number of nitrogens with zero attached hydrogens (tertiary/aromatic N) is 1. The molecule has 1 N–H and O–H groups in total. The molecule has 0 spiro atoms. The van der Waals surface area contributed by atoms with E-state index >= 15 is 0 Å². The van der Waals surface area contributed by atoms with Crippen LogP contribution in [-0.4, -0.2) is 17.7 Å². The largest absolute Gasteiger partial charge is 0.388 e. The molecule has 1 fully saturated rings. The second-order valence-corrected chi connectivity index (χ2v) is 5.66. The van der Waals surface area contributed by atoms with Gasteiger partial charge in [0.25, 0.3) is 0 Å². The Kier molecular flexibility index (Phi) is 4.28. The highest BCUT2D eigenvalue weighted by molar-refractivity contribution is 5.50. The summed E-state index contributed by atoms with van der Waals surface area (Å²) in [5, 5.41) is 9.81. The molecule has 2 unspecified atom stereocenters. The molecule has 1 saturated heterocycles. The van der Waals surface area contributed by atoms with E-state index in [0.717, 1.165) is 12.0 Å². The molecule has 0 aromatic heterocycles. The molecular weight excluding hydrogens is 222 g/mol. The van der Waals surface area contributed by atoms with E-state index in [-0.39, 0.29) is 6.10 Å². The van der Waals surface area contributed by atoms with Crippen LogP contribution in [0.2, 0.25) is 0 Å². The minimum Gasteiger partial charge on any atom is -0.388 e. The van der Waals surface area contributed by atoms with E-state index in [1.807, 2.05) is 6.92 Å². The van der Waals surface area contributed by atoms with E-state index in [0.29, 0.717) is 12.0 Å². The molecule has 1 aliphatic heterocycles. The molecule has 1 heterocycles. The maximum atomic E-state index is 9.81. The fraction of sp³-hybridized carbons (Fsp3) is 0.625. The van der Waals surface area contributed by atoms with Gasteiger partial charge in [-0.25, -0.2) is 0 Å². The van der Waals surface area contributed by atoms with Gasteiger partial charge in [-0.3, -0.25) is 0 Å². The van der Waals surface area contributed by atoms with Gasteiger partial charge in [0.1, 0.15) is 0 Å². The molecule has 0 bridgehead atoms. The van der Waals surface area contributed by atoms with Gasteiger partial charge in [-0.1, -0.05) is 32.9 Å². The summed E-state index contributed by atoms with van der Waals surface area (Å²) in [7, 11) is 0. The summed E-state index contributed by atoms with van der Waals surface area (Å²) in [6.45, 7) is 7.78. The van der Waals surface area contributed by atoms with E-state index in [4.69, 9.17) is 0 Å². The second-order valence-electron chi connectivity index (χ2n) is 5.66. The van der Waals surface area contributed by atoms with E-state index in [1.54, 1.807) is 0 Å². The van der Waals surface area contributed by atoms with Crippen molar-refractivity contribution in [1.82, 2.24) is 0 Å². The minimum absolute atomic E-state index is 0.321. The van der Waals surface area contributed by atoms with Crippen LogP contribution in [0, 0.1) is 5.92 Å². The molecule has 1 aliphatic rings. The van der Waals surface area contributed by atoms with E-state index in [9.17, 15) is 5.11 Å². The van der Waals surface area contributed by atoms with Crippen LogP contribution in [0.1, 0.15) is 51.7 Å². The number of rotatable bonds is 4. The Morgan fingerprint density at radius 3 is 2.50 bits per heavy atom. The summed E-state index contributed by atoms with van der Waals surface area (Å²) < 4.78 is 0. The summed E-state index contributed by atoms with van der Waals surface area (Å²) in [5.41, 5.74) is 2.33. The van der Waals surface area contributed by atoms with E-state index in [2.05, 4.69) is 43.0 Å². The predicted octanol–water partition coefficient (Wildman–Crippen LogP) is 3.75. The summed E-state index contributed by atoms with van der Waals surface area (Å²) in [6, 6.07) is 9.13. The van der Waals surface area contributed by atoms with Gasteiger partial charge in [-0.05, 0) is 42.9 Å². The maximum Gasteiger partial charge on any atom is 0.0787 e. The number of hydrogen-bond acceptors (Lipinski definition) is 2. The Morgan fingerprint density at radius 2 is 1.94 bits per heavy atom. The molecule has 2 nitrogen and oxygen atoms in total. The topological polar surface area (TPSA) is 23.5 Å². The summed E-state index contributed by atoms with van der Waals surface area (Å²) >= 11 is 0. The first-order valence-electron chi connectivity index (χ1n) is 7.18. The van der Waals surface area contributed by atoms with Crippen LogP contribution in [0.25, 0.3) is 0 Å². The zero-order valence-corrected chi connectivity index (χ0v) is 11.8. The average Bonchev–Trinajstić information content (AvgIpc) is 2.87. The van der Waals surface area contributed by atoms with Crippen molar-refractivity contribution in [3.05, 3.63) is 29.8 Å². The molecule has 18 heavy (non-hydrogen) atoms. The van der Waals surface area contributed by atoms with Gasteiger partial charge in [0.05, 0.1) is 6.10 Å². The second kappa shape index (κ2) is 5.75. The fourth-order valence-corrected chi connectivity index (χ4v) is 2.93. The molecular formula is C16H25NO. The van der Waals surface area contributed by atoms with Gasteiger partial charge in [-0.15, -0.1) is 0 Å². The highest BCUT2D eigenvalue weighted by Crippen LogP contribution is 2.30. The van der Waals surface area contributed by atoms with Crippen molar-refractivity contribution in [3.63, 3.8) is 0 Å². The Hall–Kier alpha value is -1.02. The van der Waals surface area contributed by atoms with Crippen molar-refractivity contribution in [2.45, 2.75) is 52.2 Å². The molecule has 0 aliphatic carbocycles. The fourth-order valence-electron chi connectivity index (χ4n) is 2.93. The lowest BCUT2D eigenvalue weighted by atomic mass is 10.0. The lowest BCUT2D eigenvalue weighted by molar-refractivity contribution is 0.173. The predicted molar refractivity (Wildman–Crippen MR) is 76.9 cm³/mol. The number of aliphatic hydroxyl groups is 1. The standard InChI is InChI=1S/C16H25NO/c1-4-16(18)13-7-9-14(10-8-13)17-11-5-6-15(17)12(2)3/h7-10,12,15-16,18H,4-6,11H2,1-3H3. The third kappa shape index (κ3) is 2.69. The van der Waals surface area contributed by atoms with Crippen molar-refractivity contribution in [2.24, 2.45) is 5.92 Å². The molecule has 1 aromatic carbocycles. The van der Waals surface area contributed by atoms with Gasteiger partial charge >= 0.3 is 0 Å². The Morgan fingerprint density at radius 1 is 1.28 bits per heavy atom. The molecule has 0 saturated carbocycles. The smallest absolute Gasteiger partial charge is 0.0787 e. The molecule has 1 aromatic rings. The number of aliphatic hydroxyl groups excluding tert-OH is 1. The molecule has 2 rings (SSSR count). The Bertz CT molecular complexity index is 371. The monoisotopic (exact) mass is 247 g/mol. The molecule has 0 radical (unpaired) electrons. The number of hydrogen-bond donors (Lipinski definition) is 1. The highest BCUT2D eigenvalue weighted by atomic mass is 16.3. The van der Waals surface area contributed by atoms with Gasteiger partial charge in [0.15, 0.2) is 0 Å². The van der Waals surface area contributed by atoms with Crippen LogP contribution in [0.4, 0.5) is 5.69 Å². The molecule has 2 heteroatoms. The first kappa shape index (κ1) is 13.4. The first-order chi connectivity index (χ1) is 8.63. The van der Waals surface area contributed by atoms with Crippen LogP contribution in [0.5, 0.6) is 0 Å². The Balaban J connectivity index is 2.14. The zero-order chi connectivity index (χ0) is 13.1. The molecule has 2 atom stereocenters. The van der Waals surface area contributed by atoms with E-state index in [1.165, 1.54) is 25.1 Å². The van der Waals surface area contributed by atoms with Gasteiger partial charge in [0, 0.05) is 18.3 Å². The molecule has 100 valence electrons. The van der Waals surface area contributed by atoms with Crippen molar-refractivity contribution in [2.75, 3.05) is 11.4 Å². The number of benzene rings is 1. The van der Waals surface area contributed by atoms with Crippen molar-refractivity contribution in [1.29, 1.82) is 0 Å². The molecule has 0 amide bonds. The number of anilines is 1. The summed E-state index contributed by atoms with van der Waals surface area (Å²) in [4.78, 5) is 2.52. The van der Waals surface area contributed by atoms with Crippen LogP contribution >= 0.6 is 0 Å². The van der Waals surface area contributed by atoms with Gasteiger partial charge < -0.3 is 10.0 Å². The van der Waals surface area contributed by atoms with Crippen LogP contribution < -0.4 is 4.90 Å². The van der Waals surface area contributed by atoms with Crippen LogP contribution in [0.15, 0.2) is 24.3 Å². The van der Waals surface area contributed by atoms with Crippen LogP contribution in [-0.2, 0) is 0 Å². The lowest BCUT2D eigenvalue weighted by Crippen LogP contribution is -2.33. The zero-order valence-electron chi connectivity index (χ0n) is 11.8. The summed E-state index contributed by atoms with van der Waals surface area (Å²) in [6.07, 6.45) is 3.05. The third-order valence-electron chi connectivity index (χ3n) is 4.06. The quantitative estimate of drug-likeness (QED) is 0.875. The average molecular weight is 247 g/mol.